The van der Waals surface area contributed by atoms with Crippen LogP contribution in [-0.4, -0.2) is 52.2 Å². The molecule has 3 aromatic carbocycles. The minimum atomic E-state index is -5.15. The number of anilines is 2. The molecule has 0 heterocycles. The highest BCUT2D eigenvalue weighted by atomic mass is 32.2. The highest BCUT2D eigenvalue weighted by molar-refractivity contribution is 7.86. The van der Waals surface area contributed by atoms with Gasteiger partial charge in [-0.25, -0.2) is 0 Å². The van der Waals surface area contributed by atoms with Gasteiger partial charge in [-0.05, 0) is 29.8 Å². The van der Waals surface area contributed by atoms with Crippen LogP contribution in [0, 0.1) is 0 Å². The highest BCUT2D eigenvalue weighted by Gasteiger charge is 2.51. The predicted molar refractivity (Wildman–Crippen MR) is 118 cm³/mol. The van der Waals surface area contributed by atoms with Gasteiger partial charge >= 0.3 is 0 Å². The summed E-state index contributed by atoms with van der Waals surface area (Å²) in [6, 6.07) is 5.43. The first kappa shape index (κ1) is 24.2. The molecule has 10 N–H and O–H groups in total. The zero-order valence-corrected chi connectivity index (χ0v) is 18.8. The number of nitrogens with two attached hydrogens (primary N) is 2. The van der Waals surface area contributed by atoms with Crippen LogP contribution in [0.4, 0.5) is 11.4 Å². The largest absolute Gasteiger partial charge is 0.508 e. The number of aliphatic hydroxyl groups is 1. The molecule has 15 heteroatoms. The molecule has 0 aromatic heterocycles. The first-order chi connectivity index (χ1) is 16.0. The first-order valence-corrected chi connectivity index (χ1v) is 12.2. The molecular weight excluding hydrogens is 508 g/mol. The zero-order valence-electron chi connectivity index (χ0n) is 17.2. The molecule has 0 radical (unpaired) electrons. The summed E-state index contributed by atoms with van der Waals surface area (Å²) >= 11 is 0. The zero-order chi connectivity index (χ0) is 26.2. The lowest BCUT2D eigenvalue weighted by atomic mass is 9.69. The monoisotopic (exact) mass is 524 g/mol. The molecular formula is C20H16N2O11S2. The van der Waals surface area contributed by atoms with Crippen molar-refractivity contribution in [1.82, 2.24) is 0 Å². The van der Waals surface area contributed by atoms with Crippen molar-refractivity contribution >= 4 is 37.4 Å². The van der Waals surface area contributed by atoms with Gasteiger partial charge in [-0.15, -0.1) is 0 Å². The third-order valence-electron chi connectivity index (χ3n) is 5.61. The van der Waals surface area contributed by atoms with Crippen molar-refractivity contribution in [3.8, 4) is 17.2 Å². The van der Waals surface area contributed by atoms with Crippen molar-refractivity contribution in [3.05, 3.63) is 64.2 Å². The maximum Gasteiger partial charge on any atom is 0.298 e. The van der Waals surface area contributed by atoms with Gasteiger partial charge in [-0.1, -0.05) is 12.1 Å². The lowest BCUT2D eigenvalue weighted by Gasteiger charge is -2.38. The molecule has 35 heavy (non-hydrogen) atoms. The molecule has 1 unspecified atom stereocenters. The molecule has 0 fully saturated rings. The fourth-order valence-electron chi connectivity index (χ4n) is 4.18. The molecule has 4 rings (SSSR count). The predicted octanol–water partition coefficient (Wildman–Crippen LogP) is 0.290. The van der Waals surface area contributed by atoms with E-state index in [0.717, 1.165) is 24.3 Å². The molecule has 0 aliphatic heterocycles. The average molecular weight is 524 g/mol. The Kier molecular flexibility index (Phi) is 5.06. The Balaban J connectivity index is 2.31. The second kappa shape index (κ2) is 7.30. The van der Waals surface area contributed by atoms with Gasteiger partial charge in [-0.3, -0.25) is 13.9 Å². The van der Waals surface area contributed by atoms with Crippen LogP contribution >= 0.6 is 0 Å². The quantitative estimate of drug-likeness (QED) is 0.130. The molecule has 0 bridgehead atoms. The Morgan fingerprint density at radius 1 is 0.714 bits per heavy atom. The highest BCUT2D eigenvalue weighted by Crippen LogP contribution is 2.55. The molecule has 13 nitrogen and oxygen atoms in total. The van der Waals surface area contributed by atoms with Crippen molar-refractivity contribution in [3.63, 3.8) is 0 Å². The lowest BCUT2D eigenvalue weighted by Crippen LogP contribution is -2.39. The van der Waals surface area contributed by atoms with Crippen molar-refractivity contribution in [1.29, 1.82) is 0 Å². The van der Waals surface area contributed by atoms with Crippen molar-refractivity contribution in [2.45, 2.75) is 15.4 Å². The molecule has 1 aliphatic carbocycles. The SMILES string of the molecule is Nc1cc(S(=O)(=O)O)c(O)c2c1C(=O)c1c(O)c(S(=O)(=O)O)cc(N)c1C2(O)c1ccc(O)cc1. The van der Waals surface area contributed by atoms with Crippen molar-refractivity contribution < 1.29 is 51.2 Å². The Bertz CT molecular complexity index is 1660. The summed E-state index contributed by atoms with van der Waals surface area (Å²) in [5.41, 5.74) is 4.20. The van der Waals surface area contributed by atoms with Crippen molar-refractivity contribution in [2.75, 3.05) is 11.5 Å². The minimum absolute atomic E-state index is 0.252. The Hall–Kier alpha value is -3.89. The van der Waals surface area contributed by atoms with E-state index in [2.05, 4.69) is 0 Å². The maximum absolute atomic E-state index is 13.4. The standard InChI is InChI=1S/C20H16N2O11S2/c21-9-5-12(35(31,32)33)18(25)16-13(9)19(26)14-15(10(22)6-11(17(14)24)34(28,29)30)20(16,27)7-1-3-8(23)4-2-7/h1-6,23-25,27H,21-22H2,(H,28,29,30)(H,31,32,33). The molecule has 0 amide bonds. The minimum Gasteiger partial charge on any atom is -0.508 e. The number of hydrogen-bond donors (Lipinski definition) is 8. The summed E-state index contributed by atoms with van der Waals surface area (Å²) in [5, 5.41) is 43.2. The van der Waals surface area contributed by atoms with Gasteiger partial charge in [0, 0.05) is 22.5 Å². The number of rotatable bonds is 3. The van der Waals surface area contributed by atoms with Crippen LogP contribution in [0.5, 0.6) is 17.2 Å². The summed E-state index contributed by atoms with van der Waals surface area (Å²) in [6.07, 6.45) is 0. The summed E-state index contributed by atoms with van der Waals surface area (Å²) in [4.78, 5) is 11.1. The van der Waals surface area contributed by atoms with E-state index in [-0.39, 0.29) is 11.3 Å². The maximum atomic E-state index is 13.4. The van der Waals surface area contributed by atoms with E-state index in [1.54, 1.807) is 0 Å². The lowest BCUT2D eigenvalue weighted by molar-refractivity contribution is 0.0935. The number of phenols is 3. The van der Waals surface area contributed by atoms with Gasteiger partial charge in [-0.2, -0.15) is 16.8 Å². The van der Waals surface area contributed by atoms with Gasteiger partial charge in [0.15, 0.2) is 5.78 Å². The summed E-state index contributed by atoms with van der Waals surface area (Å²) < 4.78 is 66.3. The molecule has 0 saturated heterocycles. The second-order valence-corrected chi connectivity index (χ2v) is 10.4. The fraction of sp³-hybridized carbons (Fsp3) is 0.0500. The van der Waals surface area contributed by atoms with E-state index >= 15 is 0 Å². The first-order valence-electron chi connectivity index (χ1n) is 9.34. The number of nitrogen functional groups attached to an aromatic ring is 2. The molecule has 184 valence electrons. The number of carbonyl (C=O) groups is 1. The van der Waals surface area contributed by atoms with Crippen molar-refractivity contribution in [2.24, 2.45) is 0 Å². The Morgan fingerprint density at radius 2 is 1.20 bits per heavy atom. The van der Waals surface area contributed by atoms with E-state index in [1.165, 1.54) is 0 Å². The Labute approximate surface area is 197 Å². The smallest absolute Gasteiger partial charge is 0.298 e. The summed E-state index contributed by atoms with van der Waals surface area (Å²) in [6.45, 7) is 0. The average Bonchev–Trinajstić information content (AvgIpc) is 2.73. The number of aromatic hydroxyl groups is 3. The van der Waals surface area contributed by atoms with E-state index < -0.39 is 86.5 Å². The van der Waals surface area contributed by atoms with E-state index in [4.69, 9.17) is 11.5 Å². The van der Waals surface area contributed by atoms with Crippen LogP contribution in [0.3, 0.4) is 0 Å². The third-order valence-corrected chi connectivity index (χ3v) is 7.34. The van der Waals surface area contributed by atoms with Gasteiger partial charge < -0.3 is 31.9 Å². The molecule has 1 aliphatic rings. The van der Waals surface area contributed by atoms with Gasteiger partial charge in [0.1, 0.15) is 32.6 Å². The molecule has 3 aromatic rings. The van der Waals surface area contributed by atoms with E-state index in [1.807, 2.05) is 0 Å². The van der Waals surface area contributed by atoms with Crippen LogP contribution < -0.4 is 11.5 Å². The number of hydrogen-bond acceptors (Lipinski definition) is 11. The van der Waals surface area contributed by atoms with Crippen LogP contribution in [0.2, 0.25) is 0 Å². The normalized spacial score (nSPS) is 17.6. The molecule has 0 saturated carbocycles. The molecule has 1 atom stereocenters. The number of carbonyl (C=O) groups excluding carboxylic acids is 1. The number of fused-ring (bicyclic) bond motifs is 2. The second-order valence-electron chi connectivity index (χ2n) is 7.66. The van der Waals surface area contributed by atoms with E-state index in [0.29, 0.717) is 12.1 Å². The number of benzene rings is 3. The number of phenolic OH excluding ortho intramolecular Hbond substituents is 3. The third kappa shape index (κ3) is 3.36. The van der Waals surface area contributed by atoms with Crippen LogP contribution in [0.25, 0.3) is 0 Å². The van der Waals surface area contributed by atoms with Gasteiger partial charge in [0.2, 0.25) is 0 Å². The topological polar surface area (TPSA) is 259 Å². The fourth-order valence-corrected chi connectivity index (χ4v) is 5.42. The van der Waals surface area contributed by atoms with Gasteiger partial charge in [0.25, 0.3) is 20.2 Å². The number of ketones is 1. The van der Waals surface area contributed by atoms with Crippen LogP contribution in [0.1, 0.15) is 32.6 Å². The van der Waals surface area contributed by atoms with Crippen LogP contribution in [-0.2, 0) is 25.8 Å². The molecule has 0 spiro atoms. The van der Waals surface area contributed by atoms with Gasteiger partial charge in [0.05, 0.1) is 11.1 Å². The van der Waals surface area contributed by atoms with E-state index in [9.17, 15) is 51.2 Å². The summed E-state index contributed by atoms with van der Waals surface area (Å²) in [5.74, 6) is -4.16. The summed E-state index contributed by atoms with van der Waals surface area (Å²) in [7, 11) is -10.3. The Morgan fingerprint density at radius 3 is 1.71 bits per heavy atom. The van der Waals surface area contributed by atoms with Crippen LogP contribution in [0.15, 0.2) is 46.2 Å².